The third-order valence-corrected chi connectivity index (χ3v) is 6.38. The molecular formula is C18H22F3N5OS. The molecule has 28 heavy (non-hydrogen) atoms. The summed E-state index contributed by atoms with van der Waals surface area (Å²) in [5.41, 5.74) is 3.19. The summed E-state index contributed by atoms with van der Waals surface area (Å²) in [5, 5.41) is 3.16. The van der Waals surface area contributed by atoms with Crippen LogP contribution >= 0.6 is 0 Å². The molecule has 3 unspecified atom stereocenters. The van der Waals surface area contributed by atoms with E-state index in [1.54, 1.807) is 0 Å². The molecule has 6 nitrogen and oxygen atoms in total. The summed E-state index contributed by atoms with van der Waals surface area (Å²) in [7, 11) is -0.156. The van der Waals surface area contributed by atoms with Crippen LogP contribution in [0.5, 0.6) is 0 Å². The molecule has 152 valence electrons. The first-order valence-corrected chi connectivity index (χ1v) is 10.5. The van der Waals surface area contributed by atoms with Crippen molar-refractivity contribution in [3.63, 3.8) is 0 Å². The zero-order chi connectivity index (χ0) is 19.9. The van der Waals surface area contributed by atoms with Crippen LogP contribution in [-0.2, 0) is 11.0 Å². The summed E-state index contributed by atoms with van der Waals surface area (Å²) >= 11 is 0. The van der Waals surface area contributed by atoms with E-state index in [1.807, 2.05) is 36.6 Å². The topological polar surface area (TPSA) is 60.0 Å². The molecular weight excluding hydrogens is 391 g/mol. The number of fused-ring (bicyclic) bond motifs is 3. The number of hydrogen-bond donors (Lipinski definition) is 2. The van der Waals surface area contributed by atoms with Crippen molar-refractivity contribution >= 4 is 16.8 Å². The molecule has 0 saturated carbocycles. The molecule has 1 fully saturated rings. The van der Waals surface area contributed by atoms with Gasteiger partial charge in [0.1, 0.15) is 22.6 Å². The maximum Gasteiger partial charge on any atom is 0.401 e. The number of hydrogen-bond acceptors (Lipinski definition) is 5. The Labute approximate surface area is 164 Å². The van der Waals surface area contributed by atoms with Crippen LogP contribution in [-0.4, -0.2) is 58.0 Å². The van der Waals surface area contributed by atoms with Gasteiger partial charge in [0, 0.05) is 43.6 Å². The lowest BCUT2D eigenvalue weighted by molar-refractivity contribution is -0.106. The maximum absolute atomic E-state index is 12.5. The van der Waals surface area contributed by atoms with Crippen LogP contribution in [0, 0.1) is 5.92 Å². The predicted octanol–water partition coefficient (Wildman–Crippen LogP) is 1.97. The molecule has 4 heterocycles. The van der Waals surface area contributed by atoms with Crippen LogP contribution in [0.15, 0.2) is 52.7 Å². The van der Waals surface area contributed by atoms with Crippen molar-refractivity contribution in [2.75, 3.05) is 25.9 Å². The Kier molecular flexibility index (Phi) is 5.09. The largest absolute Gasteiger partial charge is 0.401 e. The zero-order valence-electron chi connectivity index (χ0n) is 15.4. The minimum atomic E-state index is -4.44. The number of rotatable bonds is 4. The summed E-state index contributed by atoms with van der Waals surface area (Å²) in [4.78, 5) is 8.68. The predicted molar refractivity (Wildman–Crippen MR) is 102 cm³/mol. The Balaban J connectivity index is 1.54. The number of likely N-dealkylation sites (tertiary alicyclic amines) is 1. The summed E-state index contributed by atoms with van der Waals surface area (Å²) in [6, 6.07) is -0.250. The molecule has 3 atom stereocenters. The van der Waals surface area contributed by atoms with Gasteiger partial charge in [0.25, 0.3) is 0 Å². The number of nitrogens with one attached hydrogen (secondary N) is 2. The standard InChI is InChI=1S/C18H22F3N5OS/c1-25-8-5-14(16-13-4-6-22-17(13)23-9-15(16)25)26-7-2-3-12(10-26)24-28(27)11-18(19,20)21/h4-6,8-9,12-13,24H,2-3,7,10-11H2,1H3,(H,22,23). The van der Waals surface area contributed by atoms with Crippen molar-refractivity contribution < 1.29 is 17.4 Å². The van der Waals surface area contributed by atoms with E-state index in [-0.39, 0.29) is 12.0 Å². The van der Waals surface area contributed by atoms with E-state index in [4.69, 9.17) is 0 Å². The van der Waals surface area contributed by atoms with Crippen molar-refractivity contribution in [3.8, 4) is 0 Å². The summed E-state index contributed by atoms with van der Waals surface area (Å²) < 4.78 is 51.9. The number of piperidine rings is 1. The van der Waals surface area contributed by atoms with Gasteiger partial charge < -0.3 is 15.1 Å². The van der Waals surface area contributed by atoms with Gasteiger partial charge >= 0.3 is 6.18 Å². The average Bonchev–Trinajstić information content (AvgIpc) is 3.09. The number of nitrogens with zero attached hydrogens (tertiary/aromatic N) is 3. The maximum atomic E-state index is 12.5. The molecule has 0 spiro atoms. The lowest BCUT2D eigenvalue weighted by atomic mass is 9.89. The van der Waals surface area contributed by atoms with Crippen LogP contribution in [0.2, 0.25) is 0 Å². The van der Waals surface area contributed by atoms with Crippen LogP contribution in [0.4, 0.5) is 13.2 Å². The van der Waals surface area contributed by atoms with E-state index in [0.29, 0.717) is 13.0 Å². The van der Waals surface area contributed by atoms with Gasteiger partial charge in [-0.05, 0) is 25.1 Å². The molecule has 10 heteroatoms. The van der Waals surface area contributed by atoms with Gasteiger partial charge in [0.2, 0.25) is 0 Å². The van der Waals surface area contributed by atoms with Gasteiger partial charge in [-0.15, -0.1) is 0 Å². The van der Waals surface area contributed by atoms with E-state index in [9.17, 15) is 17.4 Å². The molecule has 4 aliphatic rings. The number of halogens is 3. The fraction of sp³-hybridized carbons (Fsp3) is 0.500. The van der Waals surface area contributed by atoms with Crippen LogP contribution in [0.25, 0.3) is 0 Å². The Morgan fingerprint density at radius 1 is 1.43 bits per heavy atom. The first kappa shape index (κ1) is 19.3. The minimum absolute atomic E-state index is 0.0371. The number of aliphatic imine (C=N–C) groups is 1. The van der Waals surface area contributed by atoms with Gasteiger partial charge in [0.05, 0.1) is 17.8 Å². The second-order valence-corrected chi connectivity index (χ2v) is 8.46. The molecule has 1 saturated heterocycles. The number of allylic oxidation sites excluding steroid dienone is 2. The smallest absolute Gasteiger partial charge is 0.370 e. The second-order valence-electron chi connectivity index (χ2n) is 7.24. The van der Waals surface area contributed by atoms with Crippen molar-refractivity contribution in [2.24, 2.45) is 10.9 Å². The number of alkyl halides is 3. The zero-order valence-corrected chi connectivity index (χ0v) is 16.2. The minimum Gasteiger partial charge on any atom is -0.370 e. The molecule has 0 aromatic carbocycles. The molecule has 0 amide bonds. The van der Waals surface area contributed by atoms with E-state index >= 15 is 0 Å². The summed E-state index contributed by atoms with van der Waals surface area (Å²) in [5.74, 6) is -0.416. The van der Waals surface area contributed by atoms with Crippen molar-refractivity contribution in [3.05, 3.63) is 47.7 Å². The average molecular weight is 413 g/mol. The SMILES string of the molecule is CN1C=CC(N2CCCC(NS(=O)CC(F)(F)F)C2)=C2C1=CN=C1NC=CC12. The highest BCUT2D eigenvalue weighted by Gasteiger charge is 2.36. The quantitative estimate of drug-likeness (QED) is 0.740. The molecule has 0 aliphatic carbocycles. The lowest BCUT2D eigenvalue weighted by Gasteiger charge is -2.40. The third kappa shape index (κ3) is 3.88. The Bertz CT molecular complexity index is 830. The fourth-order valence-electron chi connectivity index (χ4n) is 3.99. The van der Waals surface area contributed by atoms with Crippen molar-refractivity contribution in [1.82, 2.24) is 19.8 Å². The highest BCUT2D eigenvalue weighted by atomic mass is 32.2. The van der Waals surface area contributed by atoms with E-state index in [1.165, 1.54) is 0 Å². The lowest BCUT2D eigenvalue weighted by Crippen LogP contribution is -2.47. The second kappa shape index (κ2) is 7.40. The molecule has 0 aromatic rings. The molecule has 4 aliphatic heterocycles. The van der Waals surface area contributed by atoms with Gasteiger partial charge in [-0.25, -0.2) is 13.9 Å². The molecule has 2 N–H and O–H groups in total. The van der Waals surface area contributed by atoms with Gasteiger partial charge in [-0.3, -0.25) is 0 Å². The Morgan fingerprint density at radius 3 is 3.04 bits per heavy atom. The molecule has 0 aromatic heterocycles. The highest BCUT2D eigenvalue weighted by molar-refractivity contribution is 7.83. The molecule has 4 rings (SSSR count). The summed E-state index contributed by atoms with van der Waals surface area (Å²) in [6.07, 6.45) is 6.87. The summed E-state index contributed by atoms with van der Waals surface area (Å²) in [6.45, 7) is 1.32. The van der Waals surface area contributed by atoms with Gasteiger partial charge in [0.15, 0.2) is 0 Å². The monoisotopic (exact) mass is 413 g/mol. The van der Waals surface area contributed by atoms with Crippen LogP contribution < -0.4 is 10.0 Å². The van der Waals surface area contributed by atoms with E-state index in [2.05, 4.69) is 26.0 Å². The van der Waals surface area contributed by atoms with E-state index < -0.39 is 22.9 Å². The Morgan fingerprint density at radius 2 is 2.25 bits per heavy atom. The fourth-order valence-corrected chi connectivity index (χ4v) is 4.93. The van der Waals surface area contributed by atoms with Crippen molar-refractivity contribution in [1.29, 1.82) is 0 Å². The Hall–Kier alpha value is -2.07. The van der Waals surface area contributed by atoms with Gasteiger partial charge in [-0.2, -0.15) is 13.2 Å². The normalized spacial score (nSPS) is 27.9. The van der Waals surface area contributed by atoms with E-state index in [0.717, 1.165) is 35.8 Å². The number of amidine groups is 1. The first-order chi connectivity index (χ1) is 13.3. The highest BCUT2D eigenvalue weighted by Crippen LogP contribution is 2.37. The first-order valence-electron chi connectivity index (χ1n) is 9.15. The third-order valence-electron chi connectivity index (χ3n) is 5.19. The van der Waals surface area contributed by atoms with Crippen LogP contribution in [0.1, 0.15) is 12.8 Å². The van der Waals surface area contributed by atoms with Crippen molar-refractivity contribution in [2.45, 2.75) is 25.1 Å². The van der Waals surface area contributed by atoms with Crippen LogP contribution in [0.3, 0.4) is 0 Å². The number of likely N-dealkylation sites (N-methyl/N-ethyl adjacent to an activating group) is 1. The van der Waals surface area contributed by atoms with Gasteiger partial charge in [-0.1, -0.05) is 6.08 Å². The molecule has 0 bridgehead atoms. The molecule has 0 radical (unpaired) electrons.